The van der Waals surface area contributed by atoms with Crippen LogP contribution in [0.1, 0.15) is 5.56 Å². The van der Waals surface area contributed by atoms with E-state index < -0.39 is 0 Å². The summed E-state index contributed by atoms with van der Waals surface area (Å²) in [7, 11) is 0. The van der Waals surface area contributed by atoms with Crippen molar-refractivity contribution in [2.75, 3.05) is 11.9 Å². The molecule has 0 heterocycles. The van der Waals surface area contributed by atoms with E-state index in [-0.39, 0.29) is 12.5 Å². The Hall–Kier alpha value is -2.33. The third kappa shape index (κ3) is 3.71. The lowest BCUT2D eigenvalue weighted by molar-refractivity contribution is -0.118. The molecule has 0 aliphatic rings. The highest BCUT2D eigenvalue weighted by Gasteiger charge is 2.07. The monoisotopic (exact) mass is 369 g/mol. The zero-order valence-corrected chi connectivity index (χ0v) is 14.3. The fraction of sp³-hybridized carbons (Fsp3) is 0.105. The van der Waals surface area contributed by atoms with Gasteiger partial charge >= 0.3 is 0 Å². The molecule has 0 fully saturated rings. The molecule has 0 radical (unpaired) electrons. The second-order valence-electron chi connectivity index (χ2n) is 5.28. The molecule has 4 heteroatoms. The molecule has 0 saturated heterocycles. The summed E-state index contributed by atoms with van der Waals surface area (Å²) in [4.78, 5) is 12.1. The van der Waals surface area contributed by atoms with Crippen LogP contribution in [0.4, 0.5) is 5.69 Å². The van der Waals surface area contributed by atoms with Crippen LogP contribution in [0.15, 0.2) is 65.1 Å². The minimum Gasteiger partial charge on any atom is -0.483 e. The second-order valence-corrected chi connectivity index (χ2v) is 6.13. The molecule has 0 unspecified atom stereocenters. The summed E-state index contributed by atoms with van der Waals surface area (Å²) in [6.45, 7) is 1.95. The van der Waals surface area contributed by atoms with Crippen molar-refractivity contribution in [3.8, 4) is 5.75 Å². The molecule has 23 heavy (non-hydrogen) atoms. The maximum absolute atomic E-state index is 12.1. The highest BCUT2D eigenvalue weighted by molar-refractivity contribution is 9.10. The first-order valence-corrected chi connectivity index (χ1v) is 8.09. The predicted octanol–water partition coefficient (Wildman–Crippen LogP) is 4.93. The van der Waals surface area contributed by atoms with Gasteiger partial charge in [0.1, 0.15) is 5.75 Å². The van der Waals surface area contributed by atoms with Crippen molar-refractivity contribution in [2.45, 2.75) is 6.92 Å². The van der Waals surface area contributed by atoms with E-state index in [1.165, 1.54) is 0 Å². The smallest absolute Gasteiger partial charge is 0.262 e. The van der Waals surface area contributed by atoms with Crippen LogP contribution in [-0.4, -0.2) is 12.5 Å². The van der Waals surface area contributed by atoms with E-state index in [2.05, 4.69) is 21.2 Å². The minimum absolute atomic E-state index is 0.0247. The quantitative estimate of drug-likeness (QED) is 0.707. The fourth-order valence-electron chi connectivity index (χ4n) is 2.38. The number of benzene rings is 3. The predicted molar refractivity (Wildman–Crippen MR) is 97.0 cm³/mol. The van der Waals surface area contributed by atoms with Crippen LogP contribution in [0.5, 0.6) is 5.75 Å². The summed E-state index contributed by atoms with van der Waals surface area (Å²) in [5.41, 5.74) is 1.83. The number of carbonyl (C=O) groups excluding carboxylic acids is 1. The van der Waals surface area contributed by atoms with Gasteiger partial charge in [-0.05, 0) is 42.1 Å². The largest absolute Gasteiger partial charge is 0.483 e. The van der Waals surface area contributed by atoms with Crippen molar-refractivity contribution in [3.05, 3.63) is 70.7 Å². The van der Waals surface area contributed by atoms with Crippen LogP contribution in [0.2, 0.25) is 0 Å². The molecular formula is C19H16BrNO2. The van der Waals surface area contributed by atoms with Gasteiger partial charge in [0, 0.05) is 15.5 Å². The molecule has 0 atom stereocenters. The average molecular weight is 370 g/mol. The zero-order valence-electron chi connectivity index (χ0n) is 12.7. The van der Waals surface area contributed by atoms with Crippen LogP contribution in [0, 0.1) is 6.92 Å². The number of hydrogen-bond acceptors (Lipinski definition) is 2. The van der Waals surface area contributed by atoms with Gasteiger partial charge < -0.3 is 10.1 Å². The summed E-state index contributed by atoms with van der Waals surface area (Å²) in [6, 6.07) is 19.4. The van der Waals surface area contributed by atoms with Gasteiger partial charge in [0.15, 0.2) is 6.61 Å². The maximum Gasteiger partial charge on any atom is 0.262 e. The van der Waals surface area contributed by atoms with E-state index >= 15 is 0 Å². The number of fused-ring (bicyclic) bond motifs is 1. The number of ether oxygens (including phenoxy) is 1. The summed E-state index contributed by atoms with van der Waals surface area (Å²) in [5, 5.41) is 4.94. The number of nitrogens with one attached hydrogen (secondary N) is 1. The van der Waals surface area contributed by atoms with Crippen molar-refractivity contribution in [2.24, 2.45) is 0 Å². The van der Waals surface area contributed by atoms with Gasteiger partial charge in [-0.25, -0.2) is 0 Å². The van der Waals surface area contributed by atoms with Crippen LogP contribution < -0.4 is 10.1 Å². The summed E-state index contributed by atoms with van der Waals surface area (Å²) in [6.07, 6.45) is 0. The third-order valence-corrected chi connectivity index (χ3v) is 4.44. The van der Waals surface area contributed by atoms with Crippen LogP contribution in [0.3, 0.4) is 0 Å². The van der Waals surface area contributed by atoms with Gasteiger partial charge in [-0.2, -0.15) is 0 Å². The van der Waals surface area contributed by atoms with Crippen LogP contribution >= 0.6 is 15.9 Å². The fourth-order valence-corrected chi connectivity index (χ4v) is 2.63. The molecule has 3 nitrogen and oxygen atoms in total. The molecule has 0 bridgehead atoms. The number of anilines is 1. The Labute approximate surface area is 143 Å². The van der Waals surface area contributed by atoms with E-state index in [0.717, 1.165) is 26.5 Å². The Morgan fingerprint density at radius 3 is 2.70 bits per heavy atom. The first kappa shape index (κ1) is 15.6. The molecule has 0 spiro atoms. The normalized spacial score (nSPS) is 10.5. The van der Waals surface area contributed by atoms with Crippen molar-refractivity contribution < 1.29 is 9.53 Å². The van der Waals surface area contributed by atoms with Gasteiger partial charge in [-0.1, -0.05) is 52.3 Å². The van der Waals surface area contributed by atoms with Gasteiger partial charge in [0.2, 0.25) is 0 Å². The lowest BCUT2D eigenvalue weighted by atomic mass is 10.1. The molecule has 1 amide bonds. The van der Waals surface area contributed by atoms with Gasteiger partial charge in [-0.15, -0.1) is 0 Å². The Morgan fingerprint density at radius 1 is 1.09 bits per heavy atom. The van der Waals surface area contributed by atoms with Crippen molar-refractivity contribution in [3.63, 3.8) is 0 Å². The topological polar surface area (TPSA) is 38.3 Å². The third-order valence-electron chi connectivity index (χ3n) is 3.55. The number of halogens is 1. The number of carbonyl (C=O) groups is 1. The minimum atomic E-state index is -0.181. The first-order valence-electron chi connectivity index (χ1n) is 7.30. The Morgan fingerprint density at radius 2 is 1.87 bits per heavy atom. The lowest BCUT2D eigenvalue weighted by Gasteiger charge is -2.10. The summed E-state index contributed by atoms with van der Waals surface area (Å²) in [5.74, 6) is 0.532. The number of rotatable bonds is 4. The SMILES string of the molecule is Cc1cc(NC(=O)COc2cccc3ccccc23)ccc1Br. The zero-order chi connectivity index (χ0) is 16.2. The Balaban J connectivity index is 1.67. The maximum atomic E-state index is 12.1. The molecule has 3 aromatic carbocycles. The molecular weight excluding hydrogens is 354 g/mol. The van der Waals surface area contributed by atoms with E-state index in [4.69, 9.17) is 4.74 Å². The Kier molecular flexibility index (Phi) is 4.63. The van der Waals surface area contributed by atoms with Crippen molar-refractivity contribution in [1.82, 2.24) is 0 Å². The molecule has 3 aromatic rings. The van der Waals surface area contributed by atoms with Crippen LogP contribution in [-0.2, 0) is 4.79 Å². The highest BCUT2D eigenvalue weighted by Crippen LogP contribution is 2.25. The highest BCUT2D eigenvalue weighted by atomic mass is 79.9. The van der Waals surface area contributed by atoms with Gasteiger partial charge in [0.25, 0.3) is 5.91 Å². The first-order chi connectivity index (χ1) is 11.1. The van der Waals surface area contributed by atoms with Gasteiger partial charge in [0.05, 0.1) is 0 Å². The molecule has 0 aliphatic carbocycles. The molecule has 0 aliphatic heterocycles. The standard InChI is InChI=1S/C19H16BrNO2/c1-13-11-15(9-10-17(13)20)21-19(22)12-23-18-8-4-6-14-5-2-3-7-16(14)18/h2-11H,12H2,1H3,(H,21,22). The molecule has 0 aromatic heterocycles. The van der Waals surface area contributed by atoms with Crippen molar-refractivity contribution >= 4 is 38.3 Å². The number of hydrogen-bond donors (Lipinski definition) is 1. The number of aryl methyl sites for hydroxylation is 1. The lowest BCUT2D eigenvalue weighted by Crippen LogP contribution is -2.20. The summed E-state index contributed by atoms with van der Waals surface area (Å²) >= 11 is 3.44. The molecule has 1 N–H and O–H groups in total. The van der Waals surface area contributed by atoms with E-state index in [9.17, 15) is 4.79 Å². The van der Waals surface area contributed by atoms with Gasteiger partial charge in [-0.3, -0.25) is 4.79 Å². The van der Waals surface area contributed by atoms with E-state index in [0.29, 0.717) is 5.75 Å². The molecule has 116 valence electrons. The molecule has 3 rings (SSSR count). The number of amides is 1. The Bertz CT molecular complexity index is 856. The summed E-state index contributed by atoms with van der Waals surface area (Å²) < 4.78 is 6.70. The van der Waals surface area contributed by atoms with E-state index in [1.807, 2.05) is 67.6 Å². The van der Waals surface area contributed by atoms with Crippen LogP contribution in [0.25, 0.3) is 10.8 Å². The average Bonchev–Trinajstić information content (AvgIpc) is 2.56. The second kappa shape index (κ2) is 6.84. The van der Waals surface area contributed by atoms with Crippen molar-refractivity contribution in [1.29, 1.82) is 0 Å². The van der Waals surface area contributed by atoms with E-state index in [1.54, 1.807) is 0 Å². The molecule has 0 saturated carbocycles.